The Balaban J connectivity index is 1.93. The molecule has 2 rings (SSSR count). The summed E-state index contributed by atoms with van der Waals surface area (Å²) in [5.41, 5.74) is 0. The van der Waals surface area contributed by atoms with E-state index in [4.69, 9.17) is 5.11 Å². The SMILES string of the molecule is C[C@H](NC(=O)N1CCCC1C1CCCC1)C(=O)O. The smallest absolute Gasteiger partial charge is 0.325 e. The molecule has 102 valence electrons. The largest absolute Gasteiger partial charge is 0.480 e. The average molecular weight is 254 g/mol. The van der Waals surface area contributed by atoms with Crippen LogP contribution in [0.25, 0.3) is 0 Å². The number of carbonyl (C=O) groups excluding carboxylic acids is 1. The number of nitrogens with one attached hydrogen (secondary N) is 1. The van der Waals surface area contributed by atoms with Crippen molar-refractivity contribution in [1.82, 2.24) is 10.2 Å². The summed E-state index contributed by atoms with van der Waals surface area (Å²) < 4.78 is 0. The monoisotopic (exact) mass is 254 g/mol. The zero-order valence-corrected chi connectivity index (χ0v) is 10.9. The maximum atomic E-state index is 12.1. The molecule has 0 aromatic heterocycles. The minimum Gasteiger partial charge on any atom is -0.480 e. The first-order valence-corrected chi connectivity index (χ1v) is 6.89. The van der Waals surface area contributed by atoms with Crippen LogP contribution in [0.5, 0.6) is 0 Å². The van der Waals surface area contributed by atoms with Crippen LogP contribution in [0.1, 0.15) is 45.4 Å². The highest BCUT2D eigenvalue weighted by molar-refractivity contribution is 5.82. The number of rotatable bonds is 3. The fourth-order valence-electron chi connectivity index (χ4n) is 3.21. The Kier molecular flexibility index (Phi) is 4.09. The normalized spacial score (nSPS) is 26.3. The van der Waals surface area contributed by atoms with Gasteiger partial charge in [0.25, 0.3) is 0 Å². The van der Waals surface area contributed by atoms with Crippen LogP contribution in [0.4, 0.5) is 4.79 Å². The van der Waals surface area contributed by atoms with Crippen LogP contribution < -0.4 is 5.32 Å². The van der Waals surface area contributed by atoms with E-state index < -0.39 is 12.0 Å². The third kappa shape index (κ3) is 2.76. The Hall–Kier alpha value is -1.26. The highest BCUT2D eigenvalue weighted by Crippen LogP contribution is 2.35. The van der Waals surface area contributed by atoms with Gasteiger partial charge in [-0.25, -0.2) is 4.79 Å². The van der Waals surface area contributed by atoms with Crippen molar-refractivity contribution in [2.75, 3.05) is 6.54 Å². The van der Waals surface area contributed by atoms with E-state index in [1.807, 2.05) is 4.90 Å². The molecule has 1 heterocycles. The lowest BCUT2D eigenvalue weighted by Crippen LogP contribution is -2.49. The number of nitrogens with zero attached hydrogens (tertiary/aromatic N) is 1. The van der Waals surface area contributed by atoms with E-state index in [-0.39, 0.29) is 6.03 Å². The molecule has 1 saturated carbocycles. The van der Waals surface area contributed by atoms with Crippen LogP contribution >= 0.6 is 0 Å². The van der Waals surface area contributed by atoms with E-state index in [0.29, 0.717) is 12.0 Å². The molecule has 0 bridgehead atoms. The fourth-order valence-corrected chi connectivity index (χ4v) is 3.21. The zero-order valence-electron chi connectivity index (χ0n) is 10.9. The Bertz CT molecular complexity index is 326. The summed E-state index contributed by atoms with van der Waals surface area (Å²) in [5, 5.41) is 11.4. The summed E-state index contributed by atoms with van der Waals surface area (Å²) in [6.07, 6.45) is 7.06. The third-order valence-electron chi connectivity index (χ3n) is 4.21. The molecule has 1 aliphatic heterocycles. The Morgan fingerprint density at radius 2 is 1.89 bits per heavy atom. The molecule has 2 N–H and O–H groups in total. The molecule has 2 amide bonds. The van der Waals surface area contributed by atoms with Gasteiger partial charge in [-0.3, -0.25) is 4.79 Å². The molecule has 18 heavy (non-hydrogen) atoms. The first-order valence-electron chi connectivity index (χ1n) is 6.89. The molecule has 0 aromatic rings. The van der Waals surface area contributed by atoms with Gasteiger partial charge in [-0.1, -0.05) is 12.8 Å². The summed E-state index contributed by atoms with van der Waals surface area (Å²) in [7, 11) is 0. The van der Waals surface area contributed by atoms with Gasteiger partial charge in [0.2, 0.25) is 0 Å². The molecule has 1 unspecified atom stereocenters. The second-order valence-corrected chi connectivity index (χ2v) is 5.46. The van der Waals surface area contributed by atoms with Crippen molar-refractivity contribution < 1.29 is 14.7 Å². The molecule has 2 aliphatic rings. The van der Waals surface area contributed by atoms with Gasteiger partial charge in [0, 0.05) is 12.6 Å². The third-order valence-corrected chi connectivity index (χ3v) is 4.21. The van der Waals surface area contributed by atoms with Crippen LogP contribution in [0, 0.1) is 5.92 Å². The second kappa shape index (κ2) is 5.59. The Morgan fingerprint density at radius 3 is 2.50 bits per heavy atom. The Morgan fingerprint density at radius 1 is 1.22 bits per heavy atom. The number of carboxylic acids is 1. The Labute approximate surface area is 108 Å². The molecule has 0 spiro atoms. The molecule has 0 radical (unpaired) electrons. The molecule has 2 fully saturated rings. The van der Waals surface area contributed by atoms with E-state index in [0.717, 1.165) is 19.4 Å². The lowest BCUT2D eigenvalue weighted by molar-refractivity contribution is -0.138. The molecule has 1 aliphatic carbocycles. The number of carbonyl (C=O) groups is 2. The fraction of sp³-hybridized carbons (Fsp3) is 0.846. The molecule has 2 atom stereocenters. The number of hydrogen-bond donors (Lipinski definition) is 2. The van der Waals surface area contributed by atoms with Crippen LogP contribution in [-0.2, 0) is 4.79 Å². The lowest BCUT2D eigenvalue weighted by atomic mass is 9.96. The summed E-state index contributed by atoms with van der Waals surface area (Å²) in [4.78, 5) is 24.7. The number of hydrogen-bond acceptors (Lipinski definition) is 2. The second-order valence-electron chi connectivity index (χ2n) is 5.46. The first kappa shape index (κ1) is 13.2. The first-order chi connectivity index (χ1) is 8.59. The van der Waals surface area contributed by atoms with E-state index >= 15 is 0 Å². The molecule has 1 saturated heterocycles. The van der Waals surface area contributed by atoms with E-state index in [9.17, 15) is 9.59 Å². The number of urea groups is 1. The predicted octanol–water partition coefficient (Wildman–Crippen LogP) is 1.82. The summed E-state index contributed by atoms with van der Waals surface area (Å²) >= 11 is 0. The van der Waals surface area contributed by atoms with Gasteiger partial charge in [-0.05, 0) is 38.5 Å². The van der Waals surface area contributed by atoms with Gasteiger partial charge in [-0.2, -0.15) is 0 Å². The topological polar surface area (TPSA) is 69.6 Å². The van der Waals surface area contributed by atoms with Crippen molar-refractivity contribution in [1.29, 1.82) is 0 Å². The van der Waals surface area contributed by atoms with E-state index in [2.05, 4.69) is 5.32 Å². The van der Waals surface area contributed by atoms with Gasteiger partial charge in [-0.15, -0.1) is 0 Å². The summed E-state index contributed by atoms with van der Waals surface area (Å²) in [6, 6.07) is -0.699. The molecule has 5 heteroatoms. The maximum absolute atomic E-state index is 12.1. The van der Waals surface area contributed by atoms with Crippen molar-refractivity contribution >= 4 is 12.0 Å². The van der Waals surface area contributed by atoms with Gasteiger partial charge in [0.1, 0.15) is 6.04 Å². The number of likely N-dealkylation sites (tertiary alicyclic amines) is 1. The van der Waals surface area contributed by atoms with Crippen LogP contribution in [0.2, 0.25) is 0 Å². The minimum absolute atomic E-state index is 0.209. The van der Waals surface area contributed by atoms with Crippen molar-refractivity contribution in [2.24, 2.45) is 5.92 Å². The van der Waals surface area contributed by atoms with Crippen molar-refractivity contribution in [3.8, 4) is 0 Å². The molecular formula is C13H22N2O3. The van der Waals surface area contributed by atoms with Crippen molar-refractivity contribution in [3.63, 3.8) is 0 Å². The van der Waals surface area contributed by atoms with Gasteiger partial charge >= 0.3 is 12.0 Å². The lowest BCUT2D eigenvalue weighted by Gasteiger charge is -2.30. The predicted molar refractivity (Wildman–Crippen MR) is 67.3 cm³/mol. The zero-order chi connectivity index (χ0) is 13.1. The number of aliphatic carboxylic acids is 1. The summed E-state index contributed by atoms with van der Waals surface area (Å²) in [6.45, 7) is 2.26. The van der Waals surface area contributed by atoms with Crippen LogP contribution in [0.3, 0.4) is 0 Å². The maximum Gasteiger partial charge on any atom is 0.325 e. The highest BCUT2D eigenvalue weighted by Gasteiger charge is 2.36. The molecular weight excluding hydrogens is 232 g/mol. The standard InChI is InChI=1S/C13H22N2O3/c1-9(12(16)17)14-13(18)15-8-4-7-11(15)10-5-2-3-6-10/h9-11H,2-8H2,1H3,(H,14,18)(H,16,17)/t9-,11?/m0/s1. The quantitative estimate of drug-likeness (QED) is 0.807. The van der Waals surface area contributed by atoms with Crippen molar-refractivity contribution in [2.45, 2.75) is 57.5 Å². The van der Waals surface area contributed by atoms with E-state index in [1.54, 1.807) is 0 Å². The average Bonchev–Trinajstić information content (AvgIpc) is 2.99. The van der Waals surface area contributed by atoms with Crippen LogP contribution in [-0.4, -0.2) is 40.6 Å². The molecule has 5 nitrogen and oxygen atoms in total. The number of carboxylic acid groups (broad SMARTS) is 1. The van der Waals surface area contributed by atoms with Crippen LogP contribution in [0.15, 0.2) is 0 Å². The van der Waals surface area contributed by atoms with Gasteiger partial charge in [0.15, 0.2) is 0 Å². The minimum atomic E-state index is -0.986. The van der Waals surface area contributed by atoms with Crippen molar-refractivity contribution in [3.05, 3.63) is 0 Å². The highest BCUT2D eigenvalue weighted by atomic mass is 16.4. The molecule has 0 aromatic carbocycles. The van der Waals surface area contributed by atoms with E-state index in [1.165, 1.54) is 32.6 Å². The van der Waals surface area contributed by atoms with Gasteiger partial charge in [0.05, 0.1) is 0 Å². The number of amides is 2. The van der Waals surface area contributed by atoms with Gasteiger partial charge < -0.3 is 15.3 Å². The summed E-state index contributed by atoms with van der Waals surface area (Å²) in [5.74, 6) is -0.363.